The molecule has 11 heteroatoms. The van der Waals surface area contributed by atoms with Crippen molar-refractivity contribution in [2.45, 2.75) is 76.0 Å². The van der Waals surface area contributed by atoms with E-state index in [2.05, 4.69) is 39.3 Å². The van der Waals surface area contributed by atoms with Crippen molar-refractivity contribution < 1.29 is 36.9 Å². The van der Waals surface area contributed by atoms with Crippen LogP contribution in [0.5, 0.6) is 0 Å². The Balaban J connectivity index is 1.15. The van der Waals surface area contributed by atoms with Crippen LogP contribution in [-0.4, -0.2) is 49.1 Å². The lowest BCUT2D eigenvalue weighted by Gasteiger charge is -2.46. The van der Waals surface area contributed by atoms with Crippen molar-refractivity contribution in [1.82, 2.24) is 0 Å². The zero-order valence-electron chi connectivity index (χ0n) is 21.4. The molecule has 2 aliphatic heterocycles. The Bertz CT molecular complexity index is 946. The summed E-state index contributed by atoms with van der Waals surface area (Å²) in [5, 5.41) is 0. The maximum atomic E-state index is 12.4. The van der Waals surface area contributed by atoms with Gasteiger partial charge in [-0.2, -0.15) is 0 Å². The van der Waals surface area contributed by atoms with Crippen LogP contribution >= 0.6 is 0 Å². The first kappa shape index (κ1) is 24.2. The minimum absolute atomic E-state index is 0.175. The fourth-order valence-electron chi connectivity index (χ4n) is 9.55. The van der Waals surface area contributed by atoms with Crippen molar-refractivity contribution in [3.8, 4) is 0 Å². The maximum Gasteiger partial charge on any atom is 0.317 e. The normalized spacial score (nSPS) is 44.2. The molecule has 0 aromatic heterocycles. The highest BCUT2D eigenvalue weighted by atomic mass is 28.5. The summed E-state index contributed by atoms with van der Waals surface area (Å²) in [7, 11) is -7.03. The van der Waals surface area contributed by atoms with Gasteiger partial charge in [-0.15, -0.1) is 0 Å². The van der Waals surface area contributed by atoms with Crippen molar-refractivity contribution in [3.05, 3.63) is 0 Å². The third kappa shape index (κ3) is 3.48. The quantitative estimate of drug-likeness (QED) is 0.288. The van der Waals surface area contributed by atoms with Crippen LogP contribution in [0.3, 0.4) is 0 Å². The Hall–Kier alpha value is -1.15. The molecule has 4 bridgehead atoms. The molecule has 2 saturated heterocycles. The molecule has 0 aromatic carbocycles. The number of rotatable bonds is 6. The van der Waals surface area contributed by atoms with Crippen LogP contribution in [-0.2, 0) is 36.9 Å². The van der Waals surface area contributed by atoms with Gasteiger partial charge in [-0.1, -0.05) is 0 Å². The van der Waals surface area contributed by atoms with Crippen molar-refractivity contribution in [1.29, 1.82) is 0 Å². The SMILES string of the molecule is C[Si](C)(O[Si](C)(C)[C@@H]1C[C@H]2C[C@@H]1[C@H]1C(=O)OC(=O)[C@@H]21)O[Si](C)(C)[C@@H]1C[C@H]2C[C@@H]1[C@H]1C(=O)OC(=O)[C@@H]21. The van der Waals surface area contributed by atoms with Gasteiger partial charge in [0.1, 0.15) is 0 Å². The predicted octanol–water partition coefficient (Wildman–Crippen LogP) is 3.58. The average molecular weight is 537 g/mol. The largest absolute Gasteiger partial charge is 0.436 e. The average Bonchev–Trinajstić information content (AvgIpc) is 3.51. The molecule has 0 N–H and O–H groups in total. The number of cyclic esters (lactones) is 4. The van der Waals surface area contributed by atoms with E-state index in [-0.39, 0.29) is 71.2 Å². The van der Waals surface area contributed by atoms with Gasteiger partial charge in [0.05, 0.1) is 23.7 Å². The minimum Gasteiger partial charge on any atom is -0.436 e. The first-order chi connectivity index (χ1) is 16.2. The molecule has 0 unspecified atom stereocenters. The topological polar surface area (TPSA) is 105 Å². The molecular formula is C24H36O8Si3. The highest BCUT2D eigenvalue weighted by Crippen LogP contribution is 2.65. The van der Waals surface area contributed by atoms with Gasteiger partial charge in [0, 0.05) is 0 Å². The first-order valence-electron chi connectivity index (χ1n) is 13.1. The van der Waals surface area contributed by atoms with E-state index in [9.17, 15) is 19.2 Å². The van der Waals surface area contributed by atoms with E-state index in [4.69, 9.17) is 17.7 Å². The monoisotopic (exact) mass is 536 g/mol. The molecule has 2 heterocycles. The van der Waals surface area contributed by atoms with E-state index in [1.807, 2.05) is 0 Å². The van der Waals surface area contributed by atoms with Crippen LogP contribution in [0.2, 0.25) is 50.4 Å². The van der Waals surface area contributed by atoms with Gasteiger partial charge in [-0.05, 0) is 99.7 Å². The van der Waals surface area contributed by atoms with E-state index in [0.717, 1.165) is 25.7 Å². The maximum absolute atomic E-state index is 12.4. The lowest BCUT2D eigenvalue weighted by Crippen LogP contribution is -2.57. The van der Waals surface area contributed by atoms with Gasteiger partial charge >= 0.3 is 32.4 Å². The summed E-state index contributed by atoms with van der Waals surface area (Å²) in [6.45, 7) is 13.2. The van der Waals surface area contributed by atoms with Crippen LogP contribution in [0.25, 0.3) is 0 Å². The molecule has 0 spiro atoms. The molecule has 6 fully saturated rings. The van der Waals surface area contributed by atoms with Crippen molar-refractivity contribution >= 4 is 49.1 Å². The number of hydrogen-bond donors (Lipinski definition) is 0. The van der Waals surface area contributed by atoms with E-state index >= 15 is 0 Å². The third-order valence-electron chi connectivity index (χ3n) is 10.3. The number of carbonyl (C=O) groups is 4. The van der Waals surface area contributed by atoms with E-state index in [1.54, 1.807) is 0 Å². The molecule has 4 aliphatic carbocycles. The lowest BCUT2D eigenvalue weighted by molar-refractivity contribution is -0.156. The van der Waals surface area contributed by atoms with Gasteiger partial charge in [0.2, 0.25) is 0 Å². The molecule has 0 aromatic rings. The minimum atomic E-state index is -2.54. The summed E-state index contributed by atoms with van der Waals surface area (Å²) < 4.78 is 23.9. The highest BCUT2D eigenvalue weighted by Gasteiger charge is 2.68. The smallest absolute Gasteiger partial charge is 0.317 e. The number of carbonyl (C=O) groups excluding carboxylic acids is 4. The van der Waals surface area contributed by atoms with Gasteiger partial charge in [-0.25, -0.2) is 0 Å². The summed E-state index contributed by atoms with van der Waals surface area (Å²) in [5.74, 6) is -1.53. The second-order valence-electron chi connectivity index (χ2n) is 13.4. The Labute approximate surface area is 209 Å². The predicted molar refractivity (Wildman–Crippen MR) is 131 cm³/mol. The van der Waals surface area contributed by atoms with Crippen molar-refractivity contribution in [2.24, 2.45) is 47.3 Å². The molecular weight excluding hydrogens is 501 g/mol. The fraction of sp³-hybridized carbons (Fsp3) is 0.833. The molecule has 8 nitrogen and oxygen atoms in total. The molecule has 192 valence electrons. The van der Waals surface area contributed by atoms with Gasteiger partial charge < -0.3 is 17.7 Å². The zero-order valence-corrected chi connectivity index (χ0v) is 24.4. The first-order valence-corrected chi connectivity index (χ1v) is 21.9. The number of fused-ring (bicyclic) bond motifs is 10. The van der Waals surface area contributed by atoms with Gasteiger partial charge in [0.25, 0.3) is 0 Å². The van der Waals surface area contributed by atoms with Crippen molar-refractivity contribution in [2.75, 3.05) is 0 Å². The molecule has 35 heavy (non-hydrogen) atoms. The Morgan fingerprint density at radius 3 is 1.29 bits per heavy atom. The standard InChI is InChI=1S/C24H36O8Si3/c1-33(2,15-9-11-7-13(15)19-17(11)21(25)29-23(19)27)31-35(5,6)32-34(3,4)16-10-12-8-14(16)20-18(12)22(26)30-24(20)28/h11-20H,7-10H2,1-6H3/t11-,12-,13+,14+,15-,16-,17+,18+,19-,20-/m1/s1. The van der Waals surface area contributed by atoms with Crippen molar-refractivity contribution in [3.63, 3.8) is 0 Å². The second-order valence-corrected chi connectivity index (χ2v) is 25.7. The zero-order chi connectivity index (χ0) is 25.2. The summed E-state index contributed by atoms with van der Waals surface area (Å²) in [6.07, 6.45) is 3.72. The molecule has 6 rings (SSSR count). The van der Waals surface area contributed by atoms with Crippen LogP contribution < -0.4 is 0 Å². The van der Waals surface area contributed by atoms with E-state index < -0.39 is 25.2 Å². The fourth-order valence-corrected chi connectivity index (χ4v) is 25.9. The summed E-state index contributed by atoms with van der Waals surface area (Å²) >= 11 is 0. The molecule has 6 aliphatic rings. The van der Waals surface area contributed by atoms with Crippen LogP contribution in [0.1, 0.15) is 25.7 Å². The van der Waals surface area contributed by atoms with E-state index in [1.165, 1.54) is 0 Å². The summed E-state index contributed by atoms with van der Waals surface area (Å²) in [5.41, 5.74) is 0.629. The molecule has 0 radical (unpaired) electrons. The summed E-state index contributed by atoms with van der Waals surface area (Å²) in [4.78, 5) is 49.1. The lowest BCUT2D eigenvalue weighted by atomic mass is 9.81. The molecule has 10 atom stereocenters. The van der Waals surface area contributed by atoms with Gasteiger partial charge in [0.15, 0.2) is 16.6 Å². The highest BCUT2D eigenvalue weighted by molar-refractivity contribution is 6.88. The number of esters is 4. The van der Waals surface area contributed by atoms with Crippen LogP contribution in [0, 0.1) is 47.3 Å². The van der Waals surface area contributed by atoms with Gasteiger partial charge in [-0.3, -0.25) is 19.2 Å². The Kier molecular flexibility index (Phi) is 5.16. The van der Waals surface area contributed by atoms with E-state index in [0.29, 0.717) is 11.1 Å². The van der Waals surface area contributed by atoms with Crippen LogP contribution in [0.15, 0.2) is 0 Å². The Morgan fingerprint density at radius 2 is 0.914 bits per heavy atom. The molecule has 4 saturated carbocycles. The molecule has 0 amide bonds. The summed E-state index contributed by atoms with van der Waals surface area (Å²) in [6, 6.07) is 0. The Morgan fingerprint density at radius 1 is 0.571 bits per heavy atom. The second kappa shape index (κ2) is 7.46. The number of hydrogen-bond acceptors (Lipinski definition) is 8. The third-order valence-corrected chi connectivity index (χ3v) is 23.3. The van der Waals surface area contributed by atoms with Crippen LogP contribution in [0.4, 0.5) is 0 Å². The number of ether oxygens (including phenoxy) is 2.